The zero-order valence-corrected chi connectivity index (χ0v) is 7.20. The third kappa shape index (κ3) is 5.54. The van der Waals surface area contributed by atoms with Gasteiger partial charge in [0.2, 0.25) is 0 Å². The molecule has 2 N–H and O–H groups in total. The molecule has 0 saturated carbocycles. The second kappa shape index (κ2) is 7.21. The van der Waals surface area contributed by atoms with Crippen LogP contribution in [0.2, 0.25) is 0 Å². The molecule has 0 rings (SSSR count). The summed E-state index contributed by atoms with van der Waals surface area (Å²) in [6.07, 6.45) is 5.53. The Balaban J connectivity index is 3.67. The van der Waals surface area contributed by atoms with Crippen LogP contribution in [0.25, 0.3) is 0 Å². The molecule has 0 unspecified atom stereocenters. The van der Waals surface area contributed by atoms with Gasteiger partial charge in [-0.1, -0.05) is 13.3 Å². The normalized spacial score (nSPS) is 11.5. The van der Waals surface area contributed by atoms with Crippen molar-refractivity contribution in [3.63, 3.8) is 0 Å². The average Bonchev–Trinajstić information content (AvgIpc) is 2.03. The Morgan fingerprint density at radius 2 is 2.27 bits per heavy atom. The molecular formula is C7H16N4. The first-order chi connectivity index (χ1) is 5.35. The van der Waals surface area contributed by atoms with Gasteiger partial charge < -0.3 is 5.73 Å². The van der Waals surface area contributed by atoms with Crippen molar-refractivity contribution in [1.29, 1.82) is 0 Å². The Bertz CT molecular complexity index is 130. The van der Waals surface area contributed by atoms with E-state index in [4.69, 9.17) is 5.73 Å². The Morgan fingerprint density at radius 3 is 2.73 bits per heavy atom. The molecule has 0 aliphatic rings. The number of hydrogen-bond donors (Lipinski definition) is 1. The van der Waals surface area contributed by atoms with E-state index in [0.29, 0.717) is 6.67 Å². The summed E-state index contributed by atoms with van der Waals surface area (Å²) in [6.45, 7) is 2.48. The predicted molar refractivity (Wildman–Crippen MR) is 48.7 cm³/mol. The summed E-state index contributed by atoms with van der Waals surface area (Å²) in [5.41, 5.74) is 5.36. The summed E-state index contributed by atoms with van der Waals surface area (Å²) in [5.74, 6) is 0. The number of hydrazone groups is 1. The molecule has 0 aromatic rings. The molecule has 0 atom stereocenters. The van der Waals surface area contributed by atoms with Crippen LogP contribution in [0.5, 0.6) is 0 Å². The van der Waals surface area contributed by atoms with E-state index in [1.807, 2.05) is 6.21 Å². The van der Waals surface area contributed by atoms with E-state index < -0.39 is 0 Å². The largest absolute Gasteiger partial charge is 0.312 e. The van der Waals surface area contributed by atoms with Gasteiger partial charge in [0.05, 0.1) is 6.67 Å². The molecule has 0 heterocycles. The first kappa shape index (κ1) is 10.1. The highest BCUT2D eigenvalue weighted by Gasteiger charge is 1.87. The van der Waals surface area contributed by atoms with Gasteiger partial charge in [-0.25, -0.2) is 5.01 Å². The van der Waals surface area contributed by atoms with Gasteiger partial charge in [0.25, 0.3) is 0 Å². The molecule has 0 bridgehead atoms. The second-order valence-corrected chi connectivity index (χ2v) is 2.08. The van der Waals surface area contributed by atoms with Gasteiger partial charge in [-0.2, -0.15) is 5.10 Å². The number of nitrogens with two attached hydrogens (primary N) is 1. The van der Waals surface area contributed by atoms with Gasteiger partial charge in [0.15, 0.2) is 0 Å². The molecule has 0 amide bonds. The van der Waals surface area contributed by atoms with Crippen LogP contribution >= 0.6 is 0 Å². The molecular weight excluding hydrogens is 140 g/mol. The maximum atomic E-state index is 5.36. The van der Waals surface area contributed by atoms with E-state index in [2.05, 4.69) is 17.0 Å². The van der Waals surface area contributed by atoms with Crippen LogP contribution in [0.15, 0.2) is 10.1 Å². The van der Waals surface area contributed by atoms with Gasteiger partial charge in [0, 0.05) is 13.3 Å². The first-order valence-electron chi connectivity index (χ1n) is 3.76. The standard InChI is InChI=1S/C7H16N4/c1-3-4-5-10-11(6-8)7-9-2/h5,7H,3-4,6,8H2,1-2H3/b9-7?,10-5+. The van der Waals surface area contributed by atoms with Crippen molar-refractivity contribution < 1.29 is 0 Å². The van der Waals surface area contributed by atoms with Crippen LogP contribution in [0.4, 0.5) is 0 Å². The molecule has 4 nitrogen and oxygen atoms in total. The smallest absolute Gasteiger partial charge is 0.107 e. The monoisotopic (exact) mass is 156 g/mol. The van der Waals surface area contributed by atoms with Gasteiger partial charge in [-0.15, -0.1) is 0 Å². The first-order valence-corrected chi connectivity index (χ1v) is 3.76. The highest BCUT2D eigenvalue weighted by molar-refractivity contribution is 5.61. The summed E-state index contributed by atoms with van der Waals surface area (Å²) in [4.78, 5) is 3.79. The summed E-state index contributed by atoms with van der Waals surface area (Å²) in [5, 5.41) is 5.65. The summed E-state index contributed by atoms with van der Waals surface area (Å²) in [6, 6.07) is 0. The van der Waals surface area contributed by atoms with Crippen molar-refractivity contribution in [2.45, 2.75) is 19.8 Å². The van der Waals surface area contributed by atoms with Crippen molar-refractivity contribution in [3.05, 3.63) is 0 Å². The van der Waals surface area contributed by atoms with Crippen molar-refractivity contribution in [2.75, 3.05) is 13.7 Å². The maximum Gasteiger partial charge on any atom is 0.107 e. The molecule has 11 heavy (non-hydrogen) atoms. The number of hydrogen-bond acceptors (Lipinski definition) is 3. The van der Waals surface area contributed by atoms with E-state index in [1.165, 1.54) is 0 Å². The van der Waals surface area contributed by atoms with Crippen LogP contribution in [-0.2, 0) is 0 Å². The predicted octanol–water partition coefficient (Wildman–Crippen LogP) is 0.649. The molecule has 0 aromatic heterocycles. The van der Waals surface area contributed by atoms with E-state index in [1.54, 1.807) is 18.4 Å². The second-order valence-electron chi connectivity index (χ2n) is 2.08. The third-order valence-corrected chi connectivity index (χ3v) is 1.08. The fourth-order valence-electron chi connectivity index (χ4n) is 0.549. The summed E-state index contributed by atoms with van der Waals surface area (Å²) < 4.78 is 0. The molecule has 0 radical (unpaired) electrons. The fourth-order valence-corrected chi connectivity index (χ4v) is 0.549. The van der Waals surface area contributed by atoms with Crippen LogP contribution in [0.3, 0.4) is 0 Å². The maximum absolute atomic E-state index is 5.36. The van der Waals surface area contributed by atoms with Crippen molar-refractivity contribution in [1.82, 2.24) is 5.01 Å². The van der Waals surface area contributed by atoms with Gasteiger partial charge in [-0.05, 0) is 6.42 Å². The fraction of sp³-hybridized carbons (Fsp3) is 0.714. The van der Waals surface area contributed by atoms with Crippen molar-refractivity contribution in [3.8, 4) is 0 Å². The molecule has 0 aromatic carbocycles. The minimum absolute atomic E-state index is 0.373. The molecule has 0 aliphatic heterocycles. The lowest BCUT2D eigenvalue weighted by molar-refractivity contribution is 0.473. The minimum Gasteiger partial charge on any atom is -0.312 e. The molecule has 64 valence electrons. The lowest BCUT2D eigenvalue weighted by atomic mass is 10.4. The molecule has 0 spiro atoms. The molecule has 0 saturated heterocycles. The van der Waals surface area contributed by atoms with E-state index in [0.717, 1.165) is 12.8 Å². The average molecular weight is 156 g/mol. The van der Waals surface area contributed by atoms with E-state index >= 15 is 0 Å². The molecule has 0 aliphatic carbocycles. The van der Waals surface area contributed by atoms with E-state index in [9.17, 15) is 0 Å². The lowest BCUT2D eigenvalue weighted by Crippen LogP contribution is -2.23. The Hall–Kier alpha value is -0.900. The number of aliphatic imine (C=N–C) groups is 1. The highest BCUT2D eigenvalue weighted by Crippen LogP contribution is 1.84. The number of unbranched alkanes of at least 4 members (excludes halogenated alkanes) is 1. The number of nitrogens with zero attached hydrogens (tertiary/aromatic N) is 3. The van der Waals surface area contributed by atoms with Crippen molar-refractivity contribution >= 4 is 12.6 Å². The van der Waals surface area contributed by atoms with Crippen LogP contribution < -0.4 is 5.73 Å². The van der Waals surface area contributed by atoms with E-state index in [-0.39, 0.29) is 0 Å². The van der Waals surface area contributed by atoms with Crippen molar-refractivity contribution in [2.24, 2.45) is 15.8 Å². The van der Waals surface area contributed by atoms with Gasteiger partial charge in [0.1, 0.15) is 6.34 Å². The highest BCUT2D eigenvalue weighted by atomic mass is 15.5. The number of rotatable bonds is 5. The van der Waals surface area contributed by atoms with Gasteiger partial charge >= 0.3 is 0 Å². The van der Waals surface area contributed by atoms with Crippen LogP contribution in [-0.4, -0.2) is 31.3 Å². The summed E-state index contributed by atoms with van der Waals surface area (Å²) >= 11 is 0. The van der Waals surface area contributed by atoms with Gasteiger partial charge in [-0.3, -0.25) is 4.99 Å². The molecule has 0 fully saturated rings. The molecule has 4 heteroatoms. The minimum atomic E-state index is 0.373. The SMILES string of the molecule is CCC/C=N/N(C=NC)CN. The Kier molecular flexibility index (Phi) is 6.62. The quantitative estimate of drug-likeness (QED) is 0.275. The Labute approximate surface area is 67.8 Å². The van der Waals surface area contributed by atoms with Crippen LogP contribution in [0.1, 0.15) is 19.8 Å². The lowest BCUT2D eigenvalue weighted by Gasteiger charge is -2.07. The zero-order valence-electron chi connectivity index (χ0n) is 7.20. The topological polar surface area (TPSA) is 54.0 Å². The third-order valence-electron chi connectivity index (χ3n) is 1.08. The summed E-state index contributed by atoms with van der Waals surface area (Å²) in [7, 11) is 1.69. The van der Waals surface area contributed by atoms with Crippen LogP contribution in [0, 0.1) is 0 Å². The Morgan fingerprint density at radius 1 is 1.55 bits per heavy atom. The zero-order chi connectivity index (χ0) is 8.53.